The molecule has 0 aliphatic heterocycles. The van der Waals surface area contributed by atoms with Crippen LogP contribution in [0.5, 0.6) is 0 Å². The first-order valence-corrected chi connectivity index (χ1v) is 5.23. The molecule has 0 heterocycles. The number of aliphatic carboxylic acids is 1. The van der Waals surface area contributed by atoms with Gasteiger partial charge in [0.05, 0.1) is 6.42 Å². The van der Waals surface area contributed by atoms with Gasteiger partial charge in [0.15, 0.2) is 0 Å². The van der Waals surface area contributed by atoms with Crippen LogP contribution in [-0.4, -0.2) is 40.1 Å². The number of primary amides is 1. The summed E-state index contributed by atoms with van der Waals surface area (Å²) in [6.07, 6.45) is -1.65. The lowest BCUT2D eigenvalue weighted by Gasteiger charge is -2.17. The molecule has 0 rings (SSSR count). The third kappa shape index (κ3) is 6.52. The summed E-state index contributed by atoms with van der Waals surface area (Å²) in [5, 5.41) is 20.1. The van der Waals surface area contributed by atoms with E-state index in [9.17, 15) is 19.5 Å². The molecule has 2 amide bonds. The Bertz CT molecular complexity index is 303. The SMILES string of the molecule is CC(C)C[C@H](O)C(=O)N[C@@H](CC(=O)O)C(N)=O. The molecule has 5 N–H and O–H groups in total. The van der Waals surface area contributed by atoms with Crippen LogP contribution in [-0.2, 0) is 14.4 Å². The van der Waals surface area contributed by atoms with E-state index in [1.165, 1.54) is 0 Å². The number of amides is 2. The second kappa shape index (κ2) is 6.85. The minimum Gasteiger partial charge on any atom is -0.481 e. The van der Waals surface area contributed by atoms with E-state index in [4.69, 9.17) is 10.8 Å². The average Bonchev–Trinajstić information content (AvgIpc) is 2.14. The summed E-state index contributed by atoms with van der Waals surface area (Å²) in [5.74, 6) is -2.89. The fourth-order valence-electron chi connectivity index (χ4n) is 1.22. The first-order chi connectivity index (χ1) is 7.73. The van der Waals surface area contributed by atoms with Crippen LogP contribution in [0.25, 0.3) is 0 Å². The number of carbonyl (C=O) groups is 3. The van der Waals surface area contributed by atoms with Gasteiger partial charge in [0.2, 0.25) is 11.8 Å². The van der Waals surface area contributed by atoms with Crippen LogP contribution < -0.4 is 11.1 Å². The molecule has 0 saturated heterocycles. The van der Waals surface area contributed by atoms with Gasteiger partial charge in [-0.1, -0.05) is 13.8 Å². The summed E-state index contributed by atoms with van der Waals surface area (Å²) in [4.78, 5) is 32.7. The molecule has 0 unspecified atom stereocenters. The third-order valence-corrected chi connectivity index (χ3v) is 2.04. The second-order valence-electron chi connectivity index (χ2n) is 4.21. The highest BCUT2D eigenvalue weighted by Gasteiger charge is 2.25. The highest BCUT2D eigenvalue weighted by atomic mass is 16.4. The Kier molecular flexibility index (Phi) is 6.19. The van der Waals surface area contributed by atoms with Crippen molar-refractivity contribution >= 4 is 17.8 Å². The Hall–Kier alpha value is -1.63. The van der Waals surface area contributed by atoms with Crippen LogP contribution in [0.3, 0.4) is 0 Å². The molecule has 0 aliphatic carbocycles. The van der Waals surface area contributed by atoms with Gasteiger partial charge in [0, 0.05) is 0 Å². The van der Waals surface area contributed by atoms with Crippen LogP contribution in [0.4, 0.5) is 0 Å². The van der Waals surface area contributed by atoms with Crippen LogP contribution in [0, 0.1) is 5.92 Å². The smallest absolute Gasteiger partial charge is 0.305 e. The number of nitrogens with one attached hydrogen (secondary N) is 1. The minimum atomic E-state index is -1.30. The van der Waals surface area contributed by atoms with E-state index in [1.54, 1.807) is 0 Å². The Balaban J connectivity index is 4.39. The van der Waals surface area contributed by atoms with Crippen molar-refractivity contribution in [1.82, 2.24) is 5.32 Å². The standard InChI is InChI=1S/C10H18N2O5/c1-5(2)3-7(13)10(17)12-6(9(11)16)4-8(14)15/h5-7,13H,3-4H2,1-2H3,(H2,11,16)(H,12,17)(H,14,15)/t6-,7-/m0/s1. The molecule has 98 valence electrons. The molecule has 0 fully saturated rings. The number of rotatable bonds is 7. The molecule has 7 heteroatoms. The van der Waals surface area contributed by atoms with Gasteiger partial charge in [-0.05, 0) is 12.3 Å². The number of hydrogen-bond acceptors (Lipinski definition) is 4. The van der Waals surface area contributed by atoms with Gasteiger partial charge in [-0.2, -0.15) is 0 Å². The third-order valence-electron chi connectivity index (χ3n) is 2.04. The molecular weight excluding hydrogens is 228 g/mol. The molecule has 0 saturated carbocycles. The predicted molar refractivity (Wildman–Crippen MR) is 58.8 cm³/mol. The Morgan fingerprint density at radius 2 is 1.82 bits per heavy atom. The van der Waals surface area contributed by atoms with Gasteiger partial charge in [-0.3, -0.25) is 14.4 Å². The van der Waals surface area contributed by atoms with E-state index >= 15 is 0 Å². The van der Waals surface area contributed by atoms with Crippen molar-refractivity contribution in [3.05, 3.63) is 0 Å². The zero-order chi connectivity index (χ0) is 13.6. The molecule has 0 radical (unpaired) electrons. The van der Waals surface area contributed by atoms with Crippen LogP contribution in [0.2, 0.25) is 0 Å². The zero-order valence-electron chi connectivity index (χ0n) is 9.84. The zero-order valence-corrected chi connectivity index (χ0v) is 9.84. The maximum atomic E-state index is 11.4. The lowest BCUT2D eigenvalue weighted by Crippen LogP contribution is -2.49. The van der Waals surface area contributed by atoms with Gasteiger partial charge >= 0.3 is 5.97 Å². The maximum absolute atomic E-state index is 11.4. The normalized spacial score (nSPS) is 14.1. The van der Waals surface area contributed by atoms with Gasteiger partial charge < -0.3 is 21.3 Å². The quantitative estimate of drug-likeness (QED) is 0.450. The van der Waals surface area contributed by atoms with Crippen molar-refractivity contribution in [3.8, 4) is 0 Å². The maximum Gasteiger partial charge on any atom is 0.305 e. The molecule has 2 atom stereocenters. The van der Waals surface area contributed by atoms with Crippen LogP contribution in [0.15, 0.2) is 0 Å². The average molecular weight is 246 g/mol. The predicted octanol–water partition coefficient (Wildman–Crippen LogP) is -1.16. The molecule has 0 spiro atoms. The Morgan fingerprint density at radius 3 is 2.18 bits per heavy atom. The van der Waals surface area contributed by atoms with Gasteiger partial charge in [0.25, 0.3) is 0 Å². The van der Waals surface area contributed by atoms with Crippen molar-refractivity contribution in [3.63, 3.8) is 0 Å². The number of carbonyl (C=O) groups excluding carboxylic acids is 2. The van der Waals surface area contributed by atoms with E-state index in [2.05, 4.69) is 5.32 Å². The van der Waals surface area contributed by atoms with Gasteiger partial charge in [-0.15, -0.1) is 0 Å². The van der Waals surface area contributed by atoms with Crippen molar-refractivity contribution < 1.29 is 24.6 Å². The Morgan fingerprint density at radius 1 is 1.29 bits per heavy atom. The lowest BCUT2D eigenvalue weighted by molar-refractivity contribution is -0.141. The van der Waals surface area contributed by atoms with E-state index in [1.807, 2.05) is 13.8 Å². The number of hydrogen-bond donors (Lipinski definition) is 4. The summed E-state index contributed by atoms with van der Waals surface area (Å²) in [7, 11) is 0. The fraction of sp³-hybridized carbons (Fsp3) is 0.700. The summed E-state index contributed by atoms with van der Waals surface area (Å²) >= 11 is 0. The molecule has 7 nitrogen and oxygen atoms in total. The number of nitrogens with two attached hydrogens (primary N) is 1. The van der Waals surface area contributed by atoms with Gasteiger partial charge in [0.1, 0.15) is 12.1 Å². The van der Waals surface area contributed by atoms with Crippen molar-refractivity contribution in [2.45, 2.75) is 38.8 Å². The van der Waals surface area contributed by atoms with Crippen molar-refractivity contribution in [2.24, 2.45) is 11.7 Å². The monoisotopic (exact) mass is 246 g/mol. The molecule has 17 heavy (non-hydrogen) atoms. The van der Waals surface area contributed by atoms with E-state index in [-0.39, 0.29) is 12.3 Å². The second-order valence-corrected chi connectivity index (χ2v) is 4.21. The molecule has 0 bridgehead atoms. The first-order valence-electron chi connectivity index (χ1n) is 5.23. The highest BCUT2D eigenvalue weighted by molar-refractivity contribution is 5.90. The lowest BCUT2D eigenvalue weighted by atomic mass is 10.0. The molecule has 0 aromatic rings. The molecular formula is C10H18N2O5. The summed E-state index contributed by atoms with van der Waals surface area (Å²) < 4.78 is 0. The Labute approximate surface area is 99.0 Å². The highest BCUT2D eigenvalue weighted by Crippen LogP contribution is 2.05. The van der Waals surface area contributed by atoms with Crippen LogP contribution in [0.1, 0.15) is 26.7 Å². The number of carboxylic acids is 1. The van der Waals surface area contributed by atoms with Gasteiger partial charge in [-0.25, -0.2) is 0 Å². The largest absolute Gasteiger partial charge is 0.481 e. The van der Waals surface area contributed by atoms with Crippen molar-refractivity contribution in [2.75, 3.05) is 0 Å². The summed E-state index contributed by atoms with van der Waals surface area (Å²) in [6.45, 7) is 3.64. The summed E-state index contributed by atoms with van der Waals surface area (Å²) in [5.41, 5.74) is 4.94. The number of aliphatic hydroxyl groups is 1. The molecule has 0 aliphatic rings. The van der Waals surface area contributed by atoms with Crippen LogP contribution >= 0.6 is 0 Å². The van der Waals surface area contributed by atoms with Crippen molar-refractivity contribution in [1.29, 1.82) is 0 Å². The van der Waals surface area contributed by atoms with E-state index < -0.39 is 36.4 Å². The molecule has 0 aromatic carbocycles. The number of carboxylic acid groups (broad SMARTS) is 1. The van der Waals surface area contributed by atoms with E-state index in [0.29, 0.717) is 0 Å². The number of aliphatic hydroxyl groups excluding tert-OH is 1. The minimum absolute atomic E-state index is 0.0993. The fourth-order valence-corrected chi connectivity index (χ4v) is 1.22. The summed E-state index contributed by atoms with van der Waals surface area (Å²) in [6, 6.07) is -1.30. The first kappa shape index (κ1) is 15.4. The topological polar surface area (TPSA) is 130 Å². The molecule has 0 aromatic heterocycles. The van der Waals surface area contributed by atoms with E-state index in [0.717, 1.165) is 0 Å².